The quantitative estimate of drug-likeness (QED) is 0.733. The molecule has 0 bridgehead atoms. The zero-order chi connectivity index (χ0) is 14.3. The highest BCUT2D eigenvalue weighted by molar-refractivity contribution is 7.99. The second-order valence-electron chi connectivity index (χ2n) is 4.49. The van der Waals surface area contributed by atoms with Gasteiger partial charge < -0.3 is 11.5 Å². The van der Waals surface area contributed by atoms with Crippen LogP contribution >= 0.6 is 11.8 Å². The SMILES string of the molecule is NC(=O)c1cc(Sc2n[nH]c(=O)n2C2CC2)ncc1N. The number of carbonyl (C=O) groups is 1. The zero-order valence-electron chi connectivity index (χ0n) is 10.4. The van der Waals surface area contributed by atoms with Crippen LogP contribution in [0.4, 0.5) is 5.69 Å². The number of carbonyl (C=O) groups excluding carboxylic acids is 1. The minimum Gasteiger partial charge on any atom is -0.397 e. The Morgan fingerprint density at radius 3 is 2.90 bits per heavy atom. The van der Waals surface area contributed by atoms with Crippen molar-refractivity contribution in [1.82, 2.24) is 19.7 Å². The molecular weight excluding hydrogens is 280 g/mol. The molecule has 1 aliphatic rings. The van der Waals surface area contributed by atoms with Crippen LogP contribution < -0.4 is 17.2 Å². The first-order chi connectivity index (χ1) is 9.56. The fourth-order valence-corrected chi connectivity index (χ4v) is 2.72. The Bertz CT molecular complexity index is 733. The van der Waals surface area contributed by atoms with Gasteiger partial charge in [-0.25, -0.2) is 14.9 Å². The smallest absolute Gasteiger partial charge is 0.344 e. The number of nitrogen functional groups attached to an aromatic ring is 1. The zero-order valence-corrected chi connectivity index (χ0v) is 11.2. The summed E-state index contributed by atoms with van der Waals surface area (Å²) in [5.41, 5.74) is 11.1. The Balaban J connectivity index is 1.94. The Labute approximate surface area is 117 Å². The molecule has 0 aliphatic heterocycles. The van der Waals surface area contributed by atoms with E-state index in [1.807, 2.05) is 0 Å². The Hall–Kier alpha value is -2.29. The van der Waals surface area contributed by atoms with Gasteiger partial charge in [0.1, 0.15) is 5.03 Å². The predicted octanol–water partition coefficient (Wildman–Crippen LogP) is 0.134. The number of hydrogen-bond acceptors (Lipinski definition) is 6. The summed E-state index contributed by atoms with van der Waals surface area (Å²) in [6, 6.07) is 1.70. The van der Waals surface area contributed by atoms with Crippen molar-refractivity contribution in [2.24, 2.45) is 5.73 Å². The van der Waals surface area contributed by atoms with Gasteiger partial charge in [0.15, 0.2) is 5.16 Å². The molecule has 0 radical (unpaired) electrons. The van der Waals surface area contributed by atoms with Crippen molar-refractivity contribution < 1.29 is 4.79 Å². The minimum atomic E-state index is -0.617. The van der Waals surface area contributed by atoms with Crippen LogP contribution in [0.3, 0.4) is 0 Å². The molecule has 1 amide bonds. The van der Waals surface area contributed by atoms with Gasteiger partial charge in [0.05, 0.1) is 17.4 Å². The molecule has 0 unspecified atom stereocenters. The van der Waals surface area contributed by atoms with E-state index in [2.05, 4.69) is 15.2 Å². The van der Waals surface area contributed by atoms with E-state index in [4.69, 9.17) is 11.5 Å². The number of primary amides is 1. The fourth-order valence-electron chi connectivity index (χ4n) is 1.83. The van der Waals surface area contributed by atoms with E-state index >= 15 is 0 Å². The molecule has 0 spiro atoms. The third-order valence-electron chi connectivity index (χ3n) is 2.96. The number of hydrogen-bond donors (Lipinski definition) is 3. The Morgan fingerprint density at radius 2 is 2.25 bits per heavy atom. The lowest BCUT2D eigenvalue weighted by molar-refractivity contribution is 0.100. The van der Waals surface area contributed by atoms with Crippen LogP contribution in [-0.4, -0.2) is 25.7 Å². The number of aromatic nitrogens is 4. The summed E-state index contributed by atoms with van der Waals surface area (Å²) < 4.78 is 1.60. The average molecular weight is 292 g/mol. The number of nitrogens with zero attached hydrogens (tertiary/aromatic N) is 3. The summed E-state index contributed by atoms with van der Waals surface area (Å²) in [4.78, 5) is 27.0. The molecule has 8 nitrogen and oxygen atoms in total. The van der Waals surface area contributed by atoms with Gasteiger partial charge in [-0.05, 0) is 30.7 Å². The monoisotopic (exact) mass is 292 g/mol. The van der Waals surface area contributed by atoms with Crippen LogP contribution in [0.25, 0.3) is 0 Å². The van der Waals surface area contributed by atoms with Crippen LogP contribution in [0.2, 0.25) is 0 Å². The summed E-state index contributed by atoms with van der Waals surface area (Å²) in [5.74, 6) is -0.617. The van der Waals surface area contributed by atoms with E-state index in [9.17, 15) is 9.59 Å². The van der Waals surface area contributed by atoms with Crippen molar-refractivity contribution in [2.45, 2.75) is 29.1 Å². The van der Waals surface area contributed by atoms with Crippen molar-refractivity contribution in [2.75, 3.05) is 5.73 Å². The van der Waals surface area contributed by atoms with E-state index in [-0.39, 0.29) is 23.0 Å². The van der Waals surface area contributed by atoms with Crippen molar-refractivity contribution in [1.29, 1.82) is 0 Å². The number of amides is 1. The van der Waals surface area contributed by atoms with Crippen molar-refractivity contribution >= 4 is 23.4 Å². The van der Waals surface area contributed by atoms with Gasteiger partial charge in [-0.3, -0.25) is 9.36 Å². The third kappa shape index (κ3) is 2.27. The normalized spacial score (nSPS) is 14.4. The number of nitrogens with two attached hydrogens (primary N) is 2. The predicted molar refractivity (Wildman–Crippen MR) is 72.4 cm³/mol. The molecule has 3 rings (SSSR count). The van der Waals surface area contributed by atoms with E-state index in [1.54, 1.807) is 4.57 Å². The highest BCUT2D eigenvalue weighted by atomic mass is 32.2. The molecule has 5 N–H and O–H groups in total. The van der Waals surface area contributed by atoms with Crippen molar-refractivity contribution in [3.63, 3.8) is 0 Å². The molecule has 0 aromatic carbocycles. The van der Waals surface area contributed by atoms with Crippen molar-refractivity contribution in [3.05, 3.63) is 28.3 Å². The van der Waals surface area contributed by atoms with Crippen LogP contribution in [0.5, 0.6) is 0 Å². The molecule has 20 heavy (non-hydrogen) atoms. The first-order valence-corrected chi connectivity index (χ1v) is 6.78. The van der Waals surface area contributed by atoms with Crippen LogP contribution in [0.15, 0.2) is 27.2 Å². The minimum absolute atomic E-state index is 0.202. The summed E-state index contributed by atoms with van der Waals surface area (Å²) in [6.07, 6.45) is 3.30. The van der Waals surface area contributed by atoms with Crippen molar-refractivity contribution in [3.8, 4) is 0 Å². The van der Waals surface area contributed by atoms with Gasteiger partial charge in [0.2, 0.25) is 0 Å². The fraction of sp³-hybridized carbons (Fsp3) is 0.273. The lowest BCUT2D eigenvalue weighted by Crippen LogP contribution is -2.16. The highest BCUT2D eigenvalue weighted by Crippen LogP contribution is 2.37. The van der Waals surface area contributed by atoms with Crippen LogP contribution in [0, 0.1) is 0 Å². The molecule has 2 aromatic rings. The molecule has 0 atom stereocenters. The molecular formula is C11H12N6O2S. The highest BCUT2D eigenvalue weighted by Gasteiger charge is 2.29. The topological polar surface area (TPSA) is 133 Å². The Morgan fingerprint density at radius 1 is 1.50 bits per heavy atom. The second kappa shape index (κ2) is 4.67. The summed E-state index contributed by atoms with van der Waals surface area (Å²) in [6.45, 7) is 0. The van der Waals surface area contributed by atoms with E-state index in [0.717, 1.165) is 12.8 Å². The maximum Gasteiger partial charge on any atom is 0.344 e. The standard InChI is InChI=1S/C11H12N6O2S/c12-7-4-14-8(3-6(7)9(13)18)20-11-16-15-10(19)17(11)5-1-2-5/h3-5H,1-2,12H2,(H2,13,18)(H,15,19). The molecule has 0 saturated heterocycles. The number of anilines is 1. The lowest BCUT2D eigenvalue weighted by atomic mass is 10.2. The molecule has 2 aromatic heterocycles. The Kier molecular flexibility index (Phi) is 2.97. The molecule has 104 valence electrons. The van der Waals surface area contributed by atoms with E-state index in [1.165, 1.54) is 24.0 Å². The first kappa shape index (κ1) is 12.7. The average Bonchev–Trinajstić information content (AvgIpc) is 3.17. The summed E-state index contributed by atoms with van der Waals surface area (Å²) in [7, 11) is 0. The molecule has 9 heteroatoms. The number of aromatic amines is 1. The molecule has 2 heterocycles. The maximum absolute atomic E-state index is 11.7. The van der Waals surface area contributed by atoms with Gasteiger partial charge in [0.25, 0.3) is 5.91 Å². The molecule has 1 aliphatic carbocycles. The first-order valence-electron chi connectivity index (χ1n) is 5.96. The molecule has 1 saturated carbocycles. The van der Waals surface area contributed by atoms with Gasteiger partial charge >= 0.3 is 5.69 Å². The van der Waals surface area contributed by atoms with Crippen LogP contribution in [0.1, 0.15) is 29.2 Å². The van der Waals surface area contributed by atoms with E-state index in [0.29, 0.717) is 10.2 Å². The maximum atomic E-state index is 11.7. The summed E-state index contributed by atoms with van der Waals surface area (Å²) >= 11 is 1.19. The third-order valence-corrected chi connectivity index (χ3v) is 3.86. The van der Waals surface area contributed by atoms with Gasteiger partial charge in [-0.1, -0.05) is 0 Å². The second-order valence-corrected chi connectivity index (χ2v) is 5.48. The largest absolute Gasteiger partial charge is 0.397 e. The molecule has 1 fully saturated rings. The van der Waals surface area contributed by atoms with Gasteiger partial charge in [-0.2, -0.15) is 0 Å². The summed E-state index contributed by atoms with van der Waals surface area (Å²) in [5, 5.41) is 7.42. The van der Waals surface area contributed by atoms with Crippen LogP contribution in [-0.2, 0) is 0 Å². The number of nitrogens with one attached hydrogen (secondary N) is 1. The van der Waals surface area contributed by atoms with E-state index < -0.39 is 5.91 Å². The number of rotatable bonds is 4. The number of H-pyrrole nitrogens is 1. The van der Waals surface area contributed by atoms with Gasteiger partial charge in [0, 0.05) is 6.04 Å². The number of pyridine rings is 1. The lowest BCUT2D eigenvalue weighted by Gasteiger charge is -2.05. The van der Waals surface area contributed by atoms with Gasteiger partial charge in [-0.15, -0.1) is 5.10 Å².